The van der Waals surface area contributed by atoms with Gasteiger partial charge in [-0.05, 0) is 30.7 Å². The van der Waals surface area contributed by atoms with E-state index in [0.29, 0.717) is 23.6 Å². The zero-order valence-electron chi connectivity index (χ0n) is 18.3. The number of H-pyrrole nitrogens is 2. The molecular weight excluding hydrogens is 459 g/mol. The summed E-state index contributed by atoms with van der Waals surface area (Å²) >= 11 is 0. The van der Waals surface area contributed by atoms with Crippen LogP contribution in [0, 0.1) is 0 Å². The van der Waals surface area contributed by atoms with Gasteiger partial charge >= 0.3 is 6.18 Å². The van der Waals surface area contributed by atoms with Gasteiger partial charge in [-0.25, -0.2) is 0 Å². The van der Waals surface area contributed by atoms with Gasteiger partial charge < -0.3 is 15.0 Å². The average Bonchev–Trinajstić information content (AvgIpc) is 3.31. The van der Waals surface area contributed by atoms with Gasteiger partial charge in [0.05, 0.1) is 11.6 Å². The van der Waals surface area contributed by atoms with Crippen molar-refractivity contribution in [2.75, 3.05) is 5.32 Å². The highest BCUT2D eigenvalue weighted by atomic mass is 19.4. The lowest BCUT2D eigenvalue weighted by Gasteiger charge is -2.18. The molecule has 4 aromatic rings. The fraction of sp³-hybridized carbons (Fsp3) is 0.160. The highest BCUT2D eigenvalue weighted by Crippen LogP contribution is 2.30. The molecule has 7 nitrogen and oxygen atoms in total. The van der Waals surface area contributed by atoms with Gasteiger partial charge in [0, 0.05) is 28.1 Å². The smallest absolute Gasteiger partial charge is 0.416 e. The van der Waals surface area contributed by atoms with Crippen molar-refractivity contribution in [1.29, 1.82) is 0 Å². The van der Waals surface area contributed by atoms with Crippen LogP contribution in [0.1, 0.15) is 12.0 Å². The highest BCUT2D eigenvalue weighted by Gasteiger charge is 2.33. The molecule has 2 aromatic carbocycles. The van der Waals surface area contributed by atoms with Gasteiger partial charge in [-0.1, -0.05) is 42.5 Å². The number of hydrogen-bond acceptors (Lipinski definition) is 5. The topological polar surface area (TPSA) is 95.7 Å². The Morgan fingerprint density at radius 3 is 2.83 bits per heavy atom. The number of ether oxygens (including phenoxy) is 1. The van der Waals surface area contributed by atoms with Crippen molar-refractivity contribution in [3.63, 3.8) is 0 Å². The number of hydrogen-bond donors (Lipinski definition) is 3. The lowest BCUT2D eigenvalue weighted by atomic mass is 10.0. The van der Waals surface area contributed by atoms with E-state index < -0.39 is 17.8 Å². The summed E-state index contributed by atoms with van der Waals surface area (Å²) in [6, 6.07) is 15.6. The molecule has 0 saturated heterocycles. The normalized spacial score (nSPS) is 15.7. The summed E-state index contributed by atoms with van der Waals surface area (Å²) < 4.78 is 44.8. The van der Waals surface area contributed by atoms with E-state index in [2.05, 4.69) is 25.5 Å². The molecular formula is C25H20F3N5O2. The van der Waals surface area contributed by atoms with Crippen LogP contribution in [0.25, 0.3) is 22.3 Å². The van der Waals surface area contributed by atoms with Crippen LogP contribution in [0.3, 0.4) is 0 Å². The summed E-state index contributed by atoms with van der Waals surface area (Å²) in [5.74, 6) is 1.19. The summed E-state index contributed by atoms with van der Waals surface area (Å²) in [5.41, 5.74) is 1.28. The minimum absolute atomic E-state index is 0.194. The van der Waals surface area contributed by atoms with Crippen molar-refractivity contribution in [3.05, 3.63) is 94.3 Å². The van der Waals surface area contributed by atoms with Crippen LogP contribution < -0.4 is 15.6 Å². The summed E-state index contributed by atoms with van der Waals surface area (Å²) in [6.07, 6.45) is -0.340. The van der Waals surface area contributed by atoms with Crippen molar-refractivity contribution >= 4 is 16.9 Å². The Morgan fingerprint density at radius 2 is 1.97 bits per heavy atom. The van der Waals surface area contributed by atoms with Crippen molar-refractivity contribution in [3.8, 4) is 17.1 Å². The number of allylic oxidation sites excluding steroid dienone is 2. The van der Waals surface area contributed by atoms with Crippen molar-refractivity contribution < 1.29 is 17.9 Å². The predicted molar refractivity (Wildman–Crippen MR) is 126 cm³/mol. The molecule has 1 aliphatic carbocycles. The van der Waals surface area contributed by atoms with Gasteiger partial charge in [-0.3, -0.25) is 9.89 Å². The average molecular weight is 479 g/mol. The van der Waals surface area contributed by atoms with E-state index in [9.17, 15) is 18.0 Å². The highest BCUT2D eigenvalue weighted by molar-refractivity contribution is 5.81. The molecule has 0 aliphatic heterocycles. The summed E-state index contributed by atoms with van der Waals surface area (Å²) in [6.45, 7) is 0.195. The largest absolute Gasteiger partial charge is 0.489 e. The summed E-state index contributed by atoms with van der Waals surface area (Å²) in [5, 5.41) is 10.7. The Kier molecular flexibility index (Phi) is 5.86. The number of aromatic amines is 2. The van der Waals surface area contributed by atoms with E-state index in [0.717, 1.165) is 28.6 Å². The monoisotopic (exact) mass is 479 g/mol. The van der Waals surface area contributed by atoms with Gasteiger partial charge in [0.25, 0.3) is 0 Å². The van der Waals surface area contributed by atoms with E-state index in [-0.39, 0.29) is 18.1 Å². The molecule has 1 atom stereocenters. The minimum Gasteiger partial charge on any atom is -0.489 e. The second kappa shape index (κ2) is 9.13. The van der Waals surface area contributed by atoms with Crippen molar-refractivity contribution in [2.24, 2.45) is 0 Å². The van der Waals surface area contributed by atoms with Gasteiger partial charge in [0.15, 0.2) is 5.82 Å². The van der Waals surface area contributed by atoms with Crippen LogP contribution in [0.15, 0.2) is 83.2 Å². The Labute approximate surface area is 197 Å². The van der Waals surface area contributed by atoms with Gasteiger partial charge in [-0.15, -0.1) is 5.10 Å². The fourth-order valence-electron chi connectivity index (χ4n) is 3.88. The standard InChI is InChI=1S/C25H20F3N5O2/c26-25(27,28)17-6-4-7-18(13-17)29-24-31-23(32-33-24)15-5-3-8-19(11-15)35-14-16-12-22(34)30-21-10-2-1-9-20(16)21/h1-6,8-13,18H,7,14H2,(H,30,34)(H2,29,31,32,33). The molecule has 10 heteroatoms. The van der Waals surface area contributed by atoms with Crippen LogP contribution in [0.5, 0.6) is 5.75 Å². The molecule has 178 valence electrons. The summed E-state index contributed by atoms with van der Waals surface area (Å²) in [7, 11) is 0. The maximum Gasteiger partial charge on any atom is 0.416 e. The summed E-state index contributed by atoms with van der Waals surface area (Å²) in [4.78, 5) is 19.1. The molecule has 0 radical (unpaired) electrons. The number of pyridine rings is 1. The van der Waals surface area contributed by atoms with Crippen LogP contribution in [-0.4, -0.2) is 32.4 Å². The lowest BCUT2D eigenvalue weighted by Crippen LogP contribution is -2.23. The number of alkyl halides is 3. The molecule has 1 aliphatic rings. The molecule has 0 saturated carbocycles. The Morgan fingerprint density at radius 1 is 1.11 bits per heavy atom. The molecule has 2 heterocycles. The number of aromatic nitrogens is 4. The molecule has 5 rings (SSSR count). The number of nitrogens with one attached hydrogen (secondary N) is 3. The van der Waals surface area contributed by atoms with Crippen LogP contribution >= 0.6 is 0 Å². The third kappa shape index (κ3) is 5.11. The fourth-order valence-corrected chi connectivity index (χ4v) is 3.88. The molecule has 2 aromatic heterocycles. The van der Waals surface area contributed by atoms with Crippen molar-refractivity contribution in [1.82, 2.24) is 20.2 Å². The van der Waals surface area contributed by atoms with Crippen molar-refractivity contribution in [2.45, 2.75) is 25.2 Å². The molecule has 3 N–H and O–H groups in total. The SMILES string of the molecule is O=c1cc(COc2cccc(-c3nc(NC4C=C(C(F)(F)F)C=CC4)n[nH]3)c2)c2ccccc2[nH]1. The van der Waals surface area contributed by atoms with E-state index in [1.807, 2.05) is 30.3 Å². The third-order valence-corrected chi connectivity index (χ3v) is 5.53. The first-order valence-corrected chi connectivity index (χ1v) is 10.8. The zero-order chi connectivity index (χ0) is 24.4. The van der Waals surface area contributed by atoms with Gasteiger partial charge in [0.2, 0.25) is 11.5 Å². The number of para-hydroxylation sites is 1. The molecule has 0 bridgehead atoms. The number of nitrogens with zero attached hydrogens (tertiary/aromatic N) is 2. The quantitative estimate of drug-likeness (QED) is 0.357. The number of rotatable bonds is 6. The first kappa shape index (κ1) is 22.5. The number of halogens is 3. The first-order chi connectivity index (χ1) is 16.8. The number of anilines is 1. The lowest BCUT2D eigenvalue weighted by molar-refractivity contribution is -0.0886. The van der Waals surface area contributed by atoms with Gasteiger partial charge in [-0.2, -0.15) is 18.2 Å². The van der Waals surface area contributed by atoms with E-state index in [1.54, 1.807) is 18.2 Å². The molecule has 0 fully saturated rings. The zero-order valence-corrected chi connectivity index (χ0v) is 18.3. The maximum atomic E-state index is 13.0. The van der Waals surface area contributed by atoms with Gasteiger partial charge in [0.1, 0.15) is 12.4 Å². The second-order valence-corrected chi connectivity index (χ2v) is 8.04. The number of fused-ring (bicyclic) bond motifs is 1. The molecule has 1 unspecified atom stereocenters. The Hall–Kier alpha value is -4.34. The van der Waals surface area contributed by atoms with Crippen LogP contribution in [0.2, 0.25) is 0 Å². The molecule has 0 spiro atoms. The number of benzene rings is 2. The Bertz CT molecular complexity index is 1490. The molecule has 35 heavy (non-hydrogen) atoms. The van der Waals surface area contributed by atoms with E-state index >= 15 is 0 Å². The second-order valence-electron chi connectivity index (χ2n) is 8.04. The first-order valence-electron chi connectivity index (χ1n) is 10.8. The van der Waals surface area contributed by atoms with E-state index in [4.69, 9.17) is 4.74 Å². The van der Waals surface area contributed by atoms with Crippen LogP contribution in [0.4, 0.5) is 19.1 Å². The molecule has 0 amide bonds. The van der Waals surface area contributed by atoms with E-state index in [1.165, 1.54) is 12.1 Å². The van der Waals surface area contributed by atoms with Crippen LogP contribution in [-0.2, 0) is 6.61 Å². The maximum absolute atomic E-state index is 13.0. The minimum atomic E-state index is -4.40. The third-order valence-electron chi connectivity index (χ3n) is 5.53. The predicted octanol–water partition coefficient (Wildman–Crippen LogP) is 5.12. The Balaban J connectivity index is 1.29.